The first-order chi connectivity index (χ1) is 11.3. The van der Waals surface area contributed by atoms with E-state index in [2.05, 4.69) is 0 Å². The van der Waals surface area contributed by atoms with Crippen molar-refractivity contribution in [1.82, 2.24) is 4.31 Å². The number of rotatable bonds is 4. The monoisotopic (exact) mass is 350 g/mol. The molecular formula is C17H22N2O4S. The van der Waals surface area contributed by atoms with E-state index in [0.717, 1.165) is 19.3 Å². The zero-order chi connectivity index (χ0) is 17.1. The van der Waals surface area contributed by atoms with Crippen LogP contribution in [0.4, 0.5) is 5.69 Å². The van der Waals surface area contributed by atoms with Gasteiger partial charge in [-0.2, -0.15) is 4.31 Å². The smallest absolute Gasteiger partial charge is 0.258 e. The van der Waals surface area contributed by atoms with Gasteiger partial charge in [-0.3, -0.25) is 10.1 Å². The second-order valence-corrected chi connectivity index (χ2v) is 9.84. The molecule has 0 saturated heterocycles. The molecule has 0 aromatic heterocycles. The van der Waals surface area contributed by atoms with Gasteiger partial charge in [-0.15, -0.1) is 0 Å². The van der Waals surface area contributed by atoms with Gasteiger partial charge in [0.2, 0.25) is 10.0 Å². The third kappa shape index (κ3) is 2.37. The summed E-state index contributed by atoms with van der Waals surface area (Å²) in [7, 11) is -2.06. The molecule has 7 heteroatoms. The zero-order valence-corrected chi connectivity index (χ0v) is 14.5. The van der Waals surface area contributed by atoms with Crippen LogP contribution in [0.3, 0.4) is 0 Å². The SMILES string of the molecule is CN(C12CC3CC(CC(C3)C1)C2)S(=O)(=O)c1cccc([N+](=O)[O-])c1. The van der Waals surface area contributed by atoms with Crippen LogP contribution >= 0.6 is 0 Å². The molecule has 0 radical (unpaired) electrons. The van der Waals surface area contributed by atoms with Crippen LogP contribution in [0.1, 0.15) is 38.5 Å². The molecule has 24 heavy (non-hydrogen) atoms. The highest BCUT2D eigenvalue weighted by Crippen LogP contribution is 2.58. The lowest BCUT2D eigenvalue weighted by molar-refractivity contribution is -0.385. The first kappa shape index (κ1) is 16.0. The fraction of sp³-hybridized carbons (Fsp3) is 0.647. The maximum Gasteiger partial charge on any atom is 0.270 e. The Bertz CT molecular complexity index is 754. The lowest BCUT2D eigenvalue weighted by Crippen LogP contribution is -2.60. The number of nitro groups is 1. The first-order valence-corrected chi connectivity index (χ1v) is 9.98. The summed E-state index contributed by atoms with van der Waals surface area (Å²) in [6.07, 6.45) is 6.52. The van der Waals surface area contributed by atoms with Crippen molar-refractivity contribution in [3.8, 4) is 0 Å². The Morgan fingerprint density at radius 1 is 1.12 bits per heavy atom. The molecule has 0 unspecified atom stereocenters. The molecule has 0 aliphatic heterocycles. The summed E-state index contributed by atoms with van der Waals surface area (Å²) in [4.78, 5) is 10.4. The zero-order valence-electron chi connectivity index (χ0n) is 13.7. The molecule has 1 aromatic rings. The summed E-state index contributed by atoms with van der Waals surface area (Å²) in [5, 5.41) is 11.0. The number of sulfonamides is 1. The summed E-state index contributed by atoms with van der Waals surface area (Å²) in [6, 6.07) is 5.40. The van der Waals surface area contributed by atoms with E-state index in [0.29, 0.717) is 17.8 Å². The van der Waals surface area contributed by atoms with Crippen LogP contribution in [0.5, 0.6) is 0 Å². The van der Waals surface area contributed by atoms with Crippen LogP contribution in [0.25, 0.3) is 0 Å². The average Bonchev–Trinajstić information content (AvgIpc) is 2.53. The van der Waals surface area contributed by atoms with Crippen molar-refractivity contribution in [3.05, 3.63) is 34.4 Å². The maximum absolute atomic E-state index is 13.1. The predicted octanol–water partition coefficient (Wildman–Crippen LogP) is 3.18. The van der Waals surface area contributed by atoms with Crippen LogP contribution < -0.4 is 0 Å². The number of nitro benzene ring substituents is 1. The van der Waals surface area contributed by atoms with Crippen LogP contribution in [0.15, 0.2) is 29.2 Å². The Morgan fingerprint density at radius 3 is 2.17 bits per heavy atom. The minimum atomic E-state index is -3.73. The average molecular weight is 350 g/mol. The van der Waals surface area contributed by atoms with E-state index in [1.807, 2.05) is 0 Å². The molecule has 4 bridgehead atoms. The van der Waals surface area contributed by atoms with E-state index in [4.69, 9.17) is 0 Å². The highest BCUT2D eigenvalue weighted by Gasteiger charge is 2.55. The number of hydrogen-bond donors (Lipinski definition) is 0. The van der Waals surface area contributed by atoms with E-state index in [1.165, 1.54) is 43.5 Å². The second-order valence-electron chi connectivity index (χ2n) is 7.87. The summed E-state index contributed by atoms with van der Waals surface area (Å²) < 4.78 is 27.8. The Balaban J connectivity index is 1.69. The number of non-ortho nitro benzene ring substituents is 1. The topological polar surface area (TPSA) is 80.5 Å². The Labute approximate surface area is 142 Å². The van der Waals surface area contributed by atoms with Gasteiger partial charge in [0.1, 0.15) is 0 Å². The highest BCUT2D eigenvalue weighted by atomic mass is 32.2. The molecule has 0 N–H and O–H groups in total. The Hall–Kier alpha value is -1.47. The molecule has 4 aliphatic carbocycles. The molecule has 1 aromatic carbocycles. The lowest BCUT2D eigenvalue weighted by Gasteiger charge is -2.59. The predicted molar refractivity (Wildman–Crippen MR) is 88.9 cm³/mol. The maximum atomic E-state index is 13.1. The van der Waals surface area contributed by atoms with Gasteiger partial charge in [-0.1, -0.05) is 6.07 Å². The second kappa shape index (κ2) is 5.26. The van der Waals surface area contributed by atoms with Gasteiger partial charge in [0.15, 0.2) is 0 Å². The fourth-order valence-electron chi connectivity index (χ4n) is 5.62. The van der Waals surface area contributed by atoms with Gasteiger partial charge in [0, 0.05) is 24.7 Å². The summed E-state index contributed by atoms with van der Waals surface area (Å²) in [5.74, 6) is 1.91. The minimum absolute atomic E-state index is 0.0231. The molecule has 130 valence electrons. The largest absolute Gasteiger partial charge is 0.270 e. The summed E-state index contributed by atoms with van der Waals surface area (Å²) in [6.45, 7) is 0. The molecule has 0 amide bonds. The van der Waals surface area contributed by atoms with Crippen LogP contribution in [0, 0.1) is 27.9 Å². The van der Waals surface area contributed by atoms with Gasteiger partial charge in [0.05, 0.1) is 9.82 Å². The van der Waals surface area contributed by atoms with Crippen molar-refractivity contribution in [2.24, 2.45) is 17.8 Å². The van der Waals surface area contributed by atoms with Gasteiger partial charge < -0.3 is 0 Å². The van der Waals surface area contributed by atoms with Crippen molar-refractivity contribution >= 4 is 15.7 Å². The van der Waals surface area contributed by atoms with Gasteiger partial charge in [-0.05, 0) is 62.3 Å². The van der Waals surface area contributed by atoms with Crippen LogP contribution in [0.2, 0.25) is 0 Å². The molecular weight excluding hydrogens is 328 g/mol. The van der Waals surface area contributed by atoms with Crippen molar-refractivity contribution in [2.45, 2.75) is 49.0 Å². The van der Waals surface area contributed by atoms with Gasteiger partial charge >= 0.3 is 0 Å². The molecule has 4 saturated carbocycles. The fourth-order valence-corrected chi connectivity index (χ4v) is 7.19. The van der Waals surface area contributed by atoms with Gasteiger partial charge in [-0.25, -0.2) is 8.42 Å². The first-order valence-electron chi connectivity index (χ1n) is 8.54. The van der Waals surface area contributed by atoms with E-state index < -0.39 is 14.9 Å². The highest BCUT2D eigenvalue weighted by molar-refractivity contribution is 7.89. The standard InChI is InChI=1S/C17H22N2O4S/c1-18(17-9-12-5-13(10-17)7-14(6-12)11-17)24(22,23)16-4-2-3-15(8-16)19(20)21/h2-4,8,12-14H,5-7,9-11H2,1H3. The van der Waals surface area contributed by atoms with E-state index in [-0.39, 0.29) is 16.1 Å². The quantitative estimate of drug-likeness (QED) is 0.617. The molecule has 4 fully saturated rings. The molecule has 4 aliphatic rings. The molecule has 6 nitrogen and oxygen atoms in total. The summed E-state index contributed by atoms with van der Waals surface area (Å²) >= 11 is 0. The molecule has 5 rings (SSSR count). The van der Waals surface area contributed by atoms with E-state index >= 15 is 0 Å². The van der Waals surface area contributed by atoms with Gasteiger partial charge in [0.25, 0.3) is 5.69 Å². The third-order valence-corrected chi connectivity index (χ3v) is 8.32. The van der Waals surface area contributed by atoms with Crippen LogP contribution in [-0.4, -0.2) is 30.2 Å². The third-order valence-electron chi connectivity index (χ3n) is 6.36. The Morgan fingerprint density at radius 2 is 1.67 bits per heavy atom. The van der Waals surface area contributed by atoms with Crippen molar-refractivity contribution < 1.29 is 13.3 Å². The van der Waals surface area contributed by atoms with Crippen molar-refractivity contribution in [3.63, 3.8) is 0 Å². The number of hydrogen-bond acceptors (Lipinski definition) is 4. The van der Waals surface area contributed by atoms with Crippen LogP contribution in [-0.2, 0) is 10.0 Å². The Kier molecular flexibility index (Phi) is 3.51. The number of nitrogens with zero attached hydrogens (tertiary/aromatic N) is 2. The van der Waals surface area contributed by atoms with Crippen molar-refractivity contribution in [1.29, 1.82) is 0 Å². The van der Waals surface area contributed by atoms with E-state index in [1.54, 1.807) is 11.4 Å². The van der Waals surface area contributed by atoms with Crippen molar-refractivity contribution in [2.75, 3.05) is 7.05 Å². The van der Waals surface area contributed by atoms with E-state index in [9.17, 15) is 18.5 Å². The summed E-state index contributed by atoms with van der Waals surface area (Å²) in [5.41, 5.74) is -0.479. The minimum Gasteiger partial charge on any atom is -0.258 e. The molecule has 0 spiro atoms. The lowest BCUT2D eigenvalue weighted by atomic mass is 9.53. The molecule has 0 atom stereocenters. The molecule has 0 heterocycles. The normalized spacial score (nSPS) is 34.7. The number of benzene rings is 1.